The lowest BCUT2D eigenvalue weighted by Crippen LogP contribution is -2.50. The van der Waals surface area contributed by atoms with E-state index in [-0.39, 0.29) is 37.6 Å². The lowest BCUT2D eigenvalue weighted by atomic mass is 10.1. The van der Waals surface area contributed by atoms with E-state index in [1.165, 1.54) is 29.2 Å². The Kier molecular flexibility index (Phi) is 5.82. The Bertz CT molecular complexity index is 871. The molecule has 1 aliphatic heterocycles. The van der Waals surface area contributed by atoms with E-state index in [1.807, 2.05) is 30.3 Å². The van der Waals surface area contributed by atoms with Crippen molar-refractivity contribution in [2.75, 3.05) is 26.2 Å². The fourth-order valence-electron chi connectivity index (χ4n) is 3.05. The maximum atomic E-state index is 13.1. The summed E-state index contributed by atoms with van der Waals surface area (Å²) in [7, 11) is 0. The molecular weight excluding hydrogens is 369 g/mol. The number of benzene rings is 2. The summed E-state index contributed by atoms with van der Waals surface area (Å²) in [6.07, 6.45) is -1.42. The third-order valence-corrected chi connectivity index (χ3v) is 4.56. The highest BCUT2D eigenvalue weighted by Gasteiger charge is 2.36. The zero-order chi connectivity index (χ0) is 20.1. The fraction of sp³-hybridized carbons (Fsp3) is 0.238. The van der Waals surface area contributed by atoms with Crippen molar-refractivity contribution in [2.45, 2.75) is 6.18 Å². The van der Waals surface area contributed by atoms with Crippen LogP contribution in [0.5, 0.6) is 0 Å². The molecule has 28 heavy (non-hydrogen) atoms. The van der Waals surface area contributed by atoms with Gasteiger partial charge in [0.1, 0.15) is 0 Å². The van der Waals surface area contributed by atoms with E-state index in [4.69, 9.17) is 0 Å². The molecule has 0 atom stereocenters. The number of halogens is 3. The van der Waals surface area contributed by atoms with E-state index in [0.717, 1.165) is 11.6 Å². The molecule has 2 aromatic rings. The SMILES string of the molecule is O=C(/C=C/c1ccccc1)N1CCN(C(=O)c2ccccc2C(F)(F)F)CC1. The molecule has 2 amide bonds. The number of nitrogens with zero attached hydrogens (tertiary/aromatic N) is 2. The van der Waals surface area contributed by atoms with Gasteiger partial charge in [-0.3, -0.25) is 9.59 Å². The first-order valence-electron chi connectivity index (χ1n) is 8.84. The van der Waals surface area contributed by atoms with Crippen LogP contribution in [0.3, 0.4) is 0 Å². The average molecular weight is 388 g/mol. The molecule has 3 rings (SSSR count). The fourth-order valence-corrected chi connectivity index (χ4v) is 3.05. The molecule has 0 aliphatic carbocycles. The molecule has 1 heterocycles. The highest BCUT2D eigenvalue weighted by molar-refractivity contribution is 5.96. The quantitative estimate of drug-likeness (QED) is 0.753. The summed E-state index contributed by atoms with van der Waals surface area (Å²) in [5, 5.41) is 0. The zero-order valence-electron chi connectivity index (χ0n) is 15.0. The van der Waals surface area contributed by atoms with Gasteiger partial charge >= 0.3 is 6.18 Å². The maximum Gasteiger partial charge on any atom is 0.417 e. The highest BCUT2D eigenvalue weighted by atomic mass is 19.4. The predicted octanol–water partition coefficient (Wildman–Crippen LogP) is 3.70. The second kappa shape index (κ2) is 8.29. The number of carbonyl (C=O) groups excluding carboxylic acids is 2. The Balaban J connectivity index is 1.62. The Morgan fingerprint density at radius 2 is 1.39 bits per heavy atom. The van der Waals surface area contributed by atoms with Gasteiger partial charge in [0.15, 0.2) is 0 Å². The van der Waals surface area contributed by atoms with Crippen molar-refractivity contribution < 1.29 is 22.8 Å². The Morgan fingerprint density at radius 3 is 2.04 bits per heavy atom. The van der Waals surface area contributed by atoms with Crippen LogP contribution >= 0.6 is 0 Å². The number of rotatable bonds is 3. The van der Waals surface area contributed by atoms with Gasteiger partial charge in [-0.2, -0.15) is 13.2 Å². The number of amides is 2. The van der Waals surface area contributed by atoms with Gasteiger partial charge in [-0.15, -0.1) is 0 Å². The van der Waals surface area contributed by atoms with Crippen LogP contribution < -0.4 is 0 Å². The third-order valence-electron chi connectivity index (χ3n) is 4.56. The van der Waals surface area contributed by atoms with Gasteiger partial charge in [0.25, 0.3) is 5.91 Å². The average Bonchev–Trinajstić information content (AvgIpc) is 2.72. The minimum absolute atomic E-state index is 0.188. The molecule has 0 bridgehead atoms. The van der Waals surface area contributed by atoms with Crippen LogP contribution in [-0.4, -0.2) is 47.8 Å². The van der Waals surface area contributed by atoms with Gasteiger partial charge in [0, 0.05) is 32.3 Å². The largest absolute Gasteiger partial charge is 0.417 e. The molecule has 0 N–H and O–H groups in total. The van der Waals surface area contributed by atoms with Crippen molar-refractivity contribution in [3.05, 3.63) is 77.4 Å². The third kappa shape index (κ3) is 4.60. The standard InChI is InChI=1S/C21H19F3N2O2/c22-21(23,24)18-9-5-4-8-17(18)20(28)26-14-12-25(13-15-26)19(27)11-10-16-6-2-1-3-7-16/h1-11H,12-15H2/b11-10+. The Labute approximate surface area is 160 Å². The Morgan fingerprint density at radius 1 is 0.821 bits per heavy atom. The van der Waals surface area contributed by atoms with Gasteiger partial charge in [-0.1, -0.05) is 42.5 Å². The number of carbonyl (C=O) groups is 2. The van der Waals surface area contributed by atoms with Crippen LogP contribution in [0.1, 0.15) is 21.5 Å². The molecule has 7 heteroatoms. The minimum Gasteiger partial charge on any atom is -0.336 e. The summed E-state index contributed by atoms with van der Waals surface area (Å²) in [6, 6.07) is 14.1. The Hall–Kier alpha value is -3.09. The maximum absolute atomic E-state index is 13.1. The molecule has 1 saturated heterocycles. The molecule has 0 spiro atoms. The number of hydrogen-bond donors (Lipinski definition) is 0. The molecule has 0 aromatic heterocycles. The summed E-state index contributed by atoms with van der Waals surface area (Å²) in [5.41, 5.74) is -0.406. The molecule has 0 saturated carbocycles. The first-order chi connectivity index (χ1) is 13.4. The van der Waals surface area contributed by atoms with Crippen molar-refractivity contribution in [1.29, 1.82) is 0 Å². The molecule has 1 fully saturated rings. The van der Waals surface area contributed by atoms with Crippen molar-refractivity contribution in [3.8, 4) is 0 Å². The van der Waals surface area contributed by atoms with E-state index >= 15 is 0 Å². The second-order valence-corrected chi connectivity index (χ2v) is 6.40. The number of hydrogen-bond acceptors (Lipinski definition) is 2. The van der Waals surface area contributed by atoms with Gasteiger partial charge < -0.3 is 9.80 Å². The van der Waals surface area contributed by atoms with E-state index in [9.17, 15) is 22.8 Å². The van der Waals surface area contributed by atoms with Gasteiger partial charge in [-0.05, 0) is 23.8 Å². The van der Waals surface area contributed by atoms with Crippen LogP contribution in [0.2, 0.25) is 0 Å². The first-order valence-corrected chi connectivity index (χ1v) is 8.84. The summed E-state index contributed by atoms with van der Waals surface area (Å²) < 4.78 is 39.4. The lowest BCUT2D eigenvalue weighted by Gasteiger charge is -2.34. The summed E-state index contributed by atoms with van der Waals surface area (Å²) >= 11 is 0. The molecule has 1 aliphatic rings. The van der Waals surface area contributed by atoms with Crippen molar-refractivity contribution >= 4 is 17.9 Å². The number of alkyl halides is 3. The van der Waals surface area contributed by atoms with Crippen molar-refractivity contribution in [1.82, 2.24) is 9.80 Å². The summed E-state index contributed by atoms with van der Waals surface area (Å²) in [4.78, 5) is 27.8. The summed E-state index contributed by atoms with van der Waals surface area (Å²) in [5.74, 6) is -0.855. The molecular formula is C21H19F3N2O2. The first kappa shape index (κ1) is 19.7. The molecule has 146 valence electrons. The van der Waals surface area contributed by atoms with Crippen LogP contribution in [0.15, 0.2) is 60.7 Å². The normalized spacial score (nSPS) is 15.1. The van der Waals surface area contributed by atoms with E-state index in [0.29, 0.717) is 0 Å². The topological polar surface area (TPSA) is 40.6 Å². The highest BCUT2D eigenvalue weighted by Crippen LogP contribution is 2.32. The van der Waals surface area contributed by atoms with E-state index in [1.54, 1.807) is 11.0 Å². The van der Waals surface area contributed by atoms with Gasteiger partial charge in [0.05, 0.1) is 11.1 Å². The molecule has 2 aromatic carbocycles. The zero-order valence-corrected chi connectivity index (χ0v) is 15.0. The van der Waals surface area contributed by atoms with Crippen LogP contribution in [0.25, 0.3) is 6.08 Å². The van der Waals surface area contributed by atoms with E-state index in [2.05, 4.69) is 0 Å². The van der Waals surface area contributed by atoms with Gasteiger partial charge in [0.2, 0.25) is 5.91 Å². The van der Waals surface area contributed by atoms with Crippen LogP contribution in [0.4, 0.5) is 13.2 Å². The predicted molar refractivity (Wildman–Crippen MR) is 99.4 cm³/mol. The number of piperazine rings is 1. The van der Waals surface area contributed by atoms with E-state index < -0.39 is 17.6 Å². The minimum atomic E-state index is -4.59. The summed E-state index contributed by atoms with van der Waals surface area (Å²) in [6.45, 7) is 0.932. The lowest BCUT2D eigenvalue weighted by molar-refractivity contribution is -0.138. The van der Waals surface area contributed by atoms with Gasteiger partial charge in [-0.25, -0.2) is 0 Å². The molecule has 4 nitrogen and oxygen atoms in total. The van der Waals surface area contributed by atoms with Crippen molar-refractivity contribution in [2.24, 2.45) is 0 Å². The smallest absolute Gasteiger partial charge is 0.336 e. The second-order valence-electron chi connectivity index (χ2n) is 6.40. The van der Waals surface area contributed by atoms with Crippen LogP contribution in [-0.2, 0) is 11.0 Å². The molecule has 0 radical (unpaired) electrons. The molecule has 0 unspecified atom stereocenters. The van der Waals surface area contributed by atoms with Crippen molar-refractivity contribution in [3.63, 3.8) is 0 Å². The van der Waals surface area contributed by atoms with Crippen LogP contribution in [0, 0.1) is 0 Å². The monoisotopic (exact) mass is 388 g/mol.